The van der Waals surface area contributed by atoms with Crippen molar-refractivity contribution < 1.29 is 14.3 Å². The minimum absolute atomic E-state index is 0.0848. The summed E-state index contributed by atoms with van der Waals surface area (Å²) in [4.78, 5) is 20.4. The highest BCUT2D eigenvalue weighted by atomic mass is 16.5. The number of aromatic nitrogens is 1. The Hall–Kier alpha value is -2.66. The van der Waals surface area contributed by atoms with Gasteiger partial charge >= 0.3 is 5.97 Å². The number of carbonyl (C=O) groups is 1. The highest BCUT2D eigenvalue weighted by Crippen LogP contribution is 2.43. The van der Waals surface area contributed by atoms with Crippen molar-refractivity contribution in [2.24, 2.45) is 11.8 Å². The average molecular weight is 589 g/mol. The molecule has 0 aliphatic carbocycles. The van der Waals surface area contributed by atoms with Crippen LogP contribution in [0.3, 0.4) is 0 Å². The number of nitrogens with zero attached hydrogens (tertiary/aromatic N) is 2. The lowest BCUT2D eigenvalue weighted by Gasteiger charge is -2.51. The van der Waals surface area contributed by atoms with E-state index in [1.54, 1.807) is 7.11 Å². The molecule has 3 aliphatic rings. The molecule has 0 saturated carbocycles. The first-order valence-corrected chi connectivity index (χ1v) is 17.3. The van der Waals surface area contributed by atoms with Crippen molar-refractivity contribution in [1.29, 1.82) is 0 Å². The fourth-order valence-corrected chi connectivity index (χ4v) is 7.10. The normalized spacial score (nSPS) is 22.2. The van der Waals surface area contributed by atoms with Crippen molar-refractivity contribution in [3.63, 3.8) is 0 Å². The van der Waals surface area contributed by atoms with E-state index in [9.17, 15) is 4.79 Å². The Kier molecular flexibility index (Phi) is 14.1. The number of unbranched alkanes of at least 4 members (excludes halogenated alkanes) is 11. The van der Waals surface area contributed by atoms with Gasteiger partial charge < -0.3 is 9.47 Å². The number of allylic oxidation sites excluding steroid dienone is 2. The predicted molar refractivity (Wildman–Crippen MR) is 178 cm³/mol. The van der Waals surface area contributed by atoms with Crippen molar-refractivity contribution in [3.05, 3.63) is 60.8 Å². The summed E-state index contributed by atoms with van der Waals surface area (Å²) in [5.74, 6) is 1.82. The third-order valence-electron chi connectivity index (χ3n) is 9.69. The molecule has 5 heteroatoms. The molecule has 0 radical (unpaired) electrons. The SMILES string of the molecule is C=C[C@H]1CN2CC[C@H]1C[C@H]2[C@H](OC(=O)CCCCCCCC=CCCCCCCCC)c1ccnc2ccc(OC)cc12. The quantitative estimate of drug-likeness (QED) is 0.0875. The Morgan fingerprint density at radius 2 is 1.74 bits per heavy atom. The highest BCUT2D eigenvalue weighted by molar-refractivity contribution is 5.84. The van der Waals surface area contributed by atoms with Gasteiger partial charge in [-0.1, -0.05) is 76.5 Å². The molecule has 2 bridgehead atoms. The zero-order valence-electron chi connectivity index (χ0n) is 27.0. The van der Waals surface area contributed by atoms with Crippen molar-refractivity contribution in [2.75, 3.05) is 20.2 Å². The Morgan fingerprint density at radius 1 is 1.02 bits per heavy atom. The zero-order valence-corrected chi connectivity index (χ0v) is 27.0. The zero-order chi connectivity index (χ0) is 30.3. The van der Waals surface area contributed by atoms with E-state index in [-0.39, 0.29) is 18.1 Å². The minimum atomic E-state index is -0.318. The molecule has 3 aliphatic heterocycles. The number of hydrogen-bond donors (Lipinski definition) is 0. The summed E-state index contributed by atoms with van der Waals surface area (Å²) in [5, 5.41) is 1.00. The van der Waals surface area contributed by atoms with Gasteiger partial charge in [0.1, 0.15) is 11.9 Å². The molecule has 5 rings (SSSR count). The van der Waals surface area contributed by atoms with E-state index in [1.165, 1.54) is 77.0 Å². The standard InChI is InChI=1S/C38H56N2O3/c1-4-6-7-8-9-10-11-12-13-14-15-16-17-18-19-20-37(41)43-38(36-27-31-24-26-40(36)29-30(31)5-2)33-23-25-39-35-22-21-32(42-3)28-34(33)35/h5,12-13,21-23,25,28,30-31,36,38H,2,4,6-11,14-20,24,26-27,29H2,1,3H3/t30-,31-,36-,38+/m0/s1. The number of pyridine rings is 1. The van der Waals surface area contributed by atoms with Crippen LogP contribution in [0.1, 0.15) is 121 Å². The number of piperidine rings is 3. The lowest BCUT2D eigenvalue weighted by atomic mass is 9.73. The summed E-state index contributed by atoms with van der Waals surface area (Å²) < 4.78 is 12.0. The number of carbonyl (C=O) groups excluding carboxylic acids is 1. The first-order valence-electron chi connectivity index (χ1n) is 17.3. The maximum absolute atomic E-state index is 13.3. The molecule has 1 aromatic heterocycles. The number of ether oxygens (including phenoxy) is 2. The summed E-state index contributed by atoms with van der Waals surface area (Å²) in [7, 11) is 1.68. The van der Waals surface area contributed by atoms with Gasteiger partial charge in [-0.05, 0) is 87.6 Å². The van der Waals surface area contributed by atoms with Gasteiger partial charge in [-0.25, -0.2) is 0 Å². The van der Waals surface area contributed by atoms with Crippen LogP contribution >= 0.6 is 0 Å². The lowest BCUT2D eigenvalue weighted by Crippen LogP contribution is -2.55. The van der Waals surface area contributed by atoms with E-state index in [0.29, 0.717) is 18.3 Å². The summed E-state index contributed by atoms with van der Waals surface area (Å²) in [6, 6.07) is 8.17. The number of methoxy groups -OCH3 is 1. The number of rotatable bonds is 20. The van der Waals surface area contributed by atoms with Crippen molar-refractivity contribution in [2.45, 2.75) is 122 Å². The lowest BCUT2D eigenvalue weighted by molar-refractivity contribution is -0.157. The van der Waals surface area contributed by atoms with Gasteiger partial charge in [-0.15, -0.1) is 6.58 Å². The van der Waals surface area contributed by atoms with Gasteiger partial charge in [-0.2, -0.15) is 0 Å². The Morgan fingerprint density at radius 3 is 2.42 bits per heavy atom. The van der Waals surface area contributed by atoms with Crippen molar-refractivity contribution in [3.8, 4) is 5.75 Å². The second kappa shape index (κ2) is 18.2. The van der Waals surface area contributed by atoms with Crippen LogP contribution in [0, 0.1) is 11.8 Å². The topological polar surface area (TPSA) is 51.7 Å². The molecule has 5 nitrogen and oxygen atoms in total. The van der Waals surface area contributed by atoms with E-state index in [4.69, 9.17) is 9.47 Å². The first kappa shape index (κ1) is 33.2. The molecule has 1 unspecified atom stereocenters. The number of benzene rings is 1. The maximum Gasteiger partial charge on any atom is 0.306 e. The van der Waals surface area contributed by atoms with Crippen LogP contribution in [-0.2, 0) is 9.53 Å². The van der Waals surface area contributed by atoms with Crippen LogP contribution in [0.5, 0.6) is 5.75 Å². The Balaban J connectivity index is 1.25. The van der Waals surface area contributed by atoms with Crippen LogP contribution in [0.15, 0.2) is 55.3 Å². The van der Waals surface area contributed by atoms with Crippen LogP contribution < -0.4 is 4.74 Å². The van der Waals surface area contributed by atoms with Crippen molar-refractivity contribution >= 4 is 16.9 Å². The van der Waals surface area contributed by atoms with E-state index >= 15 is 0 Å². The van der Waals surface area contributed by atoms with Gasteiger partial charge in [0, 0.05) is 30.1 Å². The smallest absolute Gasteiger partial charge is 0.306 e. The van der Waals surface area contributed by atoms with E-state index < -0.39 is 0 Å². The monoisotopic (exact) mass is 588 g/mol. The fourth-order valence-electron chi connectivity index (χ4n) is 7.10. The molecule has 0 amide bonds. The second-order valence-electron chi connectivity index (χ2n) is 12.8. The molecule has 0 spiro atoms. The molecule has 3 saturated heterocycles. The largest absolute Gasteiger partial charge is 0.497 e. The molecular formula is C38H56N2O3. The Bertz CT molecular complexity index is 1160. The molecule has 5 atom stereocenters. The van der Waals surface area contributed by atoms with Gasteiger partial charge in [0.15, 0.2) is 0 Å². The number of fused-ring (bicyclic) bond motifs is 4. The van der Waals surface area contributed by atoms with Gasteiger partial charge in [0.05, 0.1) is 18.7 Å². The van der Waals surface area contributed by atoms with Crippen LogP contribution in [0.2, 0.25) is 0 Å². The minimum Gasteiger partial charge on any atom is -0.497 e. The molecule has 3 fully saturated rings. The summed E-state index contributed by atoms with van der Waals surface area (Å²) in [6.07, 6.45) is 27.3. The maximum atomic E-state index is 13.3. The van der Waals surface area contributed by atoms with Crippen LogP contribution in [0.25, 0.3) is 10.9 Å². The highest BCUT2D eigenvalue weighted by Gasteiger charge is 2.44. The van der Waals surface area contributed by atoms with Gasteiger partial charge in [-0.3, -0.25) is 14.7 Å². The van der Waals surface area contributed by atoms with Gasteiger partial charge in [0.2, 0.25) is 0 Å². The third-order valence-corrected chi connectivity index (χ3v) is 9.69. The van der Waals surface area contributed by atoms with E-state index in [1.807, 2.05) is 30.5 Å². The summed E-state index contributed by atoms with van der Waals surface area (Å²) >= 11 is 0. The molecule has 236 valence electrons. The molecule has 1 aromatic carbocycles. The third kappa shape index (κ3) is 9.93. The van der Waals surface area contributed by atoms with E-state index in [0.717, 1.165) is 54.6 Å². The van der Waals surface area contributed by atoms with Gasteiger partial charge in [0.25, 0.3) is 0 Å². The number of hydrogen-bond acceptors (Lipinski definition) is 5. The summed E-state index contributed by atoms with van der Waals surface area (Å²) in [6.45, 7) is 8.41. The average Bonchev–Trinajstić information content (AvgIpc) is 3.05. The van der Waals surface area contributed by atoms with Crippen LogP contribution in [0.4, 0.5) is 0 Å². The second-order valence-corrected chi connectivity index (χ2v) is 12.8. The molecular weight excluding hydrogens is 532 g/mol. The molecule has 0 N–H and O–H groups in total. The molecule has 43 heavy (non-hydrogen) atoms. The Labute approximate surface area is 261 Å². The predicted octanol–water partition coefficient (Wildman–Crippen LogP) is 9.76. The molecule has 4 heterocycles. The van der Waals surface area contributed by atoms with Crippen molar-refractivity contribution in [1.82, 2.24) is 9.88 Å². The van der Waals surface area contributed by atoms with E-state index in [2.05, 4.69) is 41.6 Å². The number of esters is 1. The molecule has 2 aromatic rings. The fraction of sp³-hybridized carbons (Fsp3) is 0.632. The summed E-state index contributed by atoms with van der Waals surface area (Å²) in [5.41, 5.74) is 1.94. The van der Waals surface area contributed by atoms with Crippen LogP contribution in [-0.4, -0.2) is 42.1 Å². The first-order chi connectivity index (χ1) is 21.1.